The average molecular weight is 343 g/mol. The Kier molecular flexibility index (Phi) is 5.85. The number of thiocarbonyl (C=S) groups is 2. The van der Waals surface area contributed by atoms with E-state index in [1.165, 1.54) is 22.3 Å². The van der Waals surface area contributed by atoms with E-state index in [0.29, 0.717) is 6.42 Å². The van der Waals surface area contributed by atoms with Crippen LogP contribution in [0.25, 0.3) is 0 Å². The molecular weight excluding hydrogens is 320 g/mol. The highest BCUT2D eigenvalue weighted by molar-refractivity contribution is 7.82. The molecule has 0 saturated carbocycles. The van der Waals surface area contributed by atoms with Gasteiger partial charge in [-0.1, -0.05) is 48.7 Å². The molecule has 0 radical (unpaired) electrons. The highest BCUT2D eigenvalue weighted by Crippen LogP contribution is 2.20. The molecule has 4 heteroatoms. The predicted octanol–water partition coefficient (Wildman–Crippen LogP) is 5.49. The summed E-state index contributed by atoms with van der Waals surface area (Å²) in [5, 5.41) is 6.60. The quantitative estimate of drug-likeness (QED) is 0.718. The van der Waals surface area contributed by atoms with Crippen LogP contribution in [0.3, 0.4) is 0 Å². The lowest BCUT2D eigenvalue weighted by molar-refractivity contribution is 1.33. The average Bonchev–Trinajstić information content (AvgIpc) is 2.48. The van der Waals surface area contributed by atoms with Crippen LogP contribution in [-0.4, -0.2) is 9.98 Å². The summed E-state index contributed by atoms with van der Waals surface area (Å²) in [4.78, 5) is 1.45. The van der Waals surface area contributed by atoms with Crippen molar-refractivity contribution in [3.8, 4) is 0 Å². The Morgan fingerprint density at radius 1 is 0.739 bits per heavy atom. The summed E-state index contributed by atoms with van der Waals surface area (Å²) >= 11 is 10.9. The molecule has 0 heterocycles. The number of hydrogen-bond donors (Lipinski definition) is 2. The first-order chi connectivity index (χ1) is 10.9. The van der Waals surface area contributed by atoms with Gasteiger partial charge in [0.25, 0.3) is 0 Å². The molecule has 0 aliphatic rings. The largest absolute Gasteiger partial charge is 0.349 e. The van der Waals surface area contributed by atoms with E-state index in [9.17, 15) is 0 Å². The Morgan fingerprint density at radius 2 is 1.13 bits per heavy atom. The minimum Gasteiger partial charge on any atom is -0.349 e. The van der Waals surface area contributed by atoms with Crippen LogP contribution in [0.1, 0.15) is 28.7 Å². The molecule has 0 saturated heterocycles. The Hall–Kier alpha value is -1.78. The lowest BCUT2D eigenvalue weighted by Crippen LogP contribution is -2.19. The maximum absolute atomic E-state index is 5.45. The number of aryl methyl sites for hydroxylation is 2. The standard InChI is InChI=1S/C19H22N2S2/c1-12-7-5-9-16(14(12)3)20-18(22)11-19(23)21-17-10-6-8-13(2)15(17)4/h5-10H,11H2,1-4H3,(H,20,22)(H,21,23). The minimum atomic E-state index is 0.533. The third kappa shape index (κ3) is 4.60. The summed E-state index contributed by atoms with van der Waals surface area (Å²) in [5.41, 5.74) is 7.00. The van der Waals surface area contributed by atoms with Crippen molar-refractivity contribution in [2.24, 2.45) is 0 Å². The van der Waals surface area contributed by atoms with Gasteiger partial charge in [-0.3, -0.25) is 0 Å². The SMILES string of the molecule is Cc1cccc(NC(=S)CC(=S)Nc2cccc(C)c2C)c1C. The van der Waals surface area contributed by atoms with Crippen LogP contribution in [-0.2, 0) is 0 Å². The van der Waals surface area contributed by atoms with E-state index >= 15 is 0 Å². The summed E-state index contributed by atoms with van der Waals surface area (Å²) in [6.45, 7) is 8.37. The zero-order chi connectivity index (χ0) is 17.0. The number of benzene rings is 2. The van der Waals surface area contributed by atoms with Gasteiger partial charge in [-0.2, -0.15) is 0 Å². The number of nitrogens with one attached hydrogen (secondary N) is 2. The molecule has 23 heavy (non-hydrogen) atoms. The van der Waals surface area contributed by atoms with Crippen molar-refractivity contribution in [2.45, 2.75) is 34.1 Å². The first kappa shape index (κ1) is 17.6. The van der Waals surface area contributed by atoms with Gasteiger partial charge in [-0.25, -0.2) is 0 Å². The van der Waals surface area contributed by atoms with Crippen molar-refractivity contribution < 1.29 is 0 Å². The van der Waals surface area contributed by atoms with E-state index < -0.39 is 0 Å². The van der Waals surface area contributed by atoms with Crippen LogP contribution in [0.5, 0.6) is 0 Å². The minimum absolute atomic E-state index is 0.533. The molecule has 0 amide bonds. The molecule has 0 aliphatic carbocycles. The highest BCUT2D eigenvalue weighted by Gasteiger charge is 2.08. The summed E-state index contributed by atoms with van der Waals surface area (Å²) < 4.78 is 0. The van der Waals surface area contributed by atoms with E-state index in [4.69, 9.17) is 24.4 Å². The van der Waals surface area contributed by atoms with E-state index in [1.807, 2.05) is 24.3 Å². The second-order valence-corrected chi connectivity index (χ2v) is 6.75. The maximum atomic E-state index is 5.45. The molecule has 2 aromatic rings. The Labute approximate surface area is 149 Å². The second-order valence-electron chi connectivity index (χ2n) is 5.77. The molecule has 0 atom stereocenters. The van der Waals surface area contributed by atoms with E-state index in [2.05, 4.69) is 50.5 Å². The van der Waals surface area contributed by atoms with Crippen molar-refractivity contribution >= 4 is 45.8 Å². The Balaban J connectivity index is 1.99. The van der Waals surface area contributed by atoms with Crippen LogP contribution in [0.15, 0.2) is 36.4 Å². The normalized spacial score (nSPS) is 10.3. The Morgan fingerprint density at radius 3 is 1.52 bits per heavy atom. The van der Waals surface area contributed by atoms with Crippen molar-refractivity contribution in [3.05, 3.63) is 58.7 Å². The fraction of sp³-hybridized carbons (Fsp3) is 0.263. The summed E-state index contributed by atoms with van der Waals surface area (Å²) in [6.07, 6.45) is 0.533. The van der Waals surface area contributed by atoms with Crippen LogP contribution in [0, 0.1) is 27.7 Å². The van der Waals surface area contributed by atoms with Gasteiger partial charge in [0.1, 0.15) is 0 Å². The first-order valence-electron chi connectivity index (χ1n) is 7.60. The number of rotatable bonds is 4. The molecule has 0 spiro atoms. The summed E-state index contributed by atoms with van der Waals surface area (Å²) in [6, 6.07) is 12.3. The third-order valence-electron chi connectivity index (χ3n) is 4.08. The molecule has 120 valence electrons. The van der Waals surface area contributed by atoms with Gasteiger partial charge in [0, 0.05) is 17.8 Å². The fourth-order valence-electron chi connectivity index (χ4n) is 2.31. The van der Waals surface area contributed by atoms with Crippen molar-refractivity contribution in [3.63, 3.8) is 0 Å². The Bertz CT molecular complexity index is 688. The first-order valence-corrected chi connectivity index (χ1v) is 8.42. The lowest BCUT2D eigenvalue weighted by Gasteiger charge is -2.15. The smallest absolute Gasteiger partial charge is 0.0865 e. The zero-order valence-corrected chi connectivity index (χ0v) is 15.6. The van der Waals surface area contributed by atoms with Crippen molar-refractivity contribution in [2.75, 3.05) is 10.6 Å². The van der Waals surface area contributed by atoms with Gasteiger partial charge in [0.05, 0.1) is 9.98 Å². The van der Waals surface area contributed by atoms with Gasteiger partial charge in [0.15, 0.2) is 0 Å². The van der Waals surface area contributed by atoms with E-state index in [0.717, 1.165) is 21.4 Å². The molecule has 0 unspecified atom stereocenters. The van der Waals surface area contributed by atoms with Crippen LogP contribution >= 0.6 is 24.4 Å². The highest BCUT2D eigenvalue weighted by atomic mass is 32.1. The van der Waals surface area contributed by atoms with Crippen LogP contribution in [0.2, 0.25) is 0 Å². The number of anilines is 2. The summed E-state index contributed by atoms with van der Waals surface area (Å²) in [7, 11) is 0. The molecule has 2 N–H and O–H groups in total. The molecule has 0 fully saturated rings. The molecule has 0 aliphatic heterocycles. The number of hydrogen-bond acceptors (Lipinski definition) is 2. The van der Waals surface area contributed by atoms with E-state index in [-0.39, 0.29) is 0 Å². The fourth-order valence-corrected chi connectivity index (χ4v) is 2.91. The third-order valence-corrected chi connectivity index (χ3v) is 4.57. The topological polar surface area (TPSA) is 24.1 Å². The zero-order valence-electron chi connectivity index (χ0n) is 14.0. The molecule has 0 aromatic heterocycles. The van der Waals surface area contributed by atoms with Gasteiger partial charge in [0.2, 0.25) is 0 Å². The molecule has 2 nitrogen and oxygen atoms in total. The second kappa shape index (κ2) is 7.66. The molecule has 0 bridgehead atoms. The van der Waals surface area contributed by atoms with Crippen molar-refractivity contribution in [1.29, 1.82) is 0 Å². The van der Waals surface area contributed by atoms with Crippen LogP contribution in [0.4, 0.5) is 11.4 Å². The maximum Gasteiger partial charge on any atom is 0.0865 e. The van der Waals surface area contributed by atoms with Gasteiger partial charge in [-0.15, -0.1) is 0 Å². The van der Waals surface area contributed by atoms with Gasteiger partial charge >= 0.3 is 0 Å². The monoisotopic (exact) mass is 342 g/mol. The van der Waals surface area contributed by atoms with Gasteiger partial charge < -0.3 is 10.6 Å². The summed E-state index contributed by atoms with van der Waals surface area (Å²) in [5.74, 6) is 0. The van der Waals surface area contributed by atoms with E-state index in [1.54, 1.807) is 0 Å². The lowest BCUT2D eigenvalue weighted by atomic mass is 10.1. The predicted molar refractivity (Wildman–Crippen MR) is 109 cm³/mol. The molecular formula is C19H22N2S2. The van der Waals surface area contributed by atoms with Gasteiger partial charge in [-0.05, 0) is 62.1 Å². The molecule has 2 rings (SSSR count). The van der Waals surface area contributed by atoms with Crippen molar-refractivity contribution in [1.82, 2.24) is 0 Å². The molecule has 2 aromatic carbocycles. The van der Waals surface area contributed by atoms with Crippen LogP contribution < -0.4 is 10.6 Å².